The number of benzene rings is 2. The topological polar surface area (TPSA) is 30.5 Å². The molecule has 0 spiro atoms. The first-order chi connectivity index (χ1) is 10.7. The van der Waals surface area contributed by atoms with Gasteiger partial charge in [0.25, 0.3) is 0 Å². The van der Waals surface area contributed by atoms with Gasteiger partial charge in [0.1, 0.15) is 12.4 Å². The molecular weight excluding hydrogens is 281 g/mol. The number of methoxy groups -OCH3 is 1. The van der Waals surface area contributed by atoms with Crippen LogP contribution in [-0.2, 0) is 13.2 Å². The summed E-state index contributed by atoms with van der Waals surface area (Å²) in [5.41, 5.74) is 1.60. The molecule has 0 saturated carbocycles. The molecule has 0 saturated heterocycles. The van der Waals surface area contributed by atoms with E-state index in [1.807, 2.05) is 24.3 Å². The first-order valence-corrected chi connectivity index (χ1v) is 7.09. The third-order valence-electron chi connectivity index (χ3n) is 3.19. The van der Waals surface area contributed by atoms with Gasteiger partial charge in [-0.05, 0) is 23.8 Å². The quantitative estimate of drug-likeness (QED) is 0.596. The minimum absolute atomic E-state index is 0.164. The molecule has 0 aliphatic carbocycles. The summed E-state index contributed by atoms with van der Waals surface area (Å²) in [4.78, 5) is 0. The maximum atomic E-state index is 13.6. The van der Waals surface area contributed by atoms with Gasteiger partial charge in [0.05, 0.1) is 7.11 Å². The molecule has 0 atom stereocenters. The van der Waals surface area contributed by atoms with Gasteiger partial charge >= 0.3 is 0 Å². The van der Waals surface area contributed by atoms with Crippen molar-refractivity contribution in [2.45, 2.75) is 13.2 Å². The third kappa shape index (κ3) is 4.33. The van der Waals surface area contributed by atoms with Crippen LogP contribution in [0.5, 0.6) is 11.5 Å². The highest BCUT2D eigenvalue weighted by atomic mass is 19.1. The van der Waals surface area contributed by atoms with E-state index in [0.717, 1.165) is 18.7 Å². The highest BCUT2D eigenvalue weighted by Gasteiger charge is 2.08. The molecule has 116 valence electrons. The van der Waals surface area contributed by atoms with Crippen LogP contribution in [-0.4, -0.2) is 13.7 Å². The maximum absolute atomic E-state index is 13.6. The van der Waals surface area contributed by atoms with E-state index in [2.05, 4.69) is 11.9 Å². The molecule has 2 rings (SSSR count). The predicted octanol–water partition coefficient (Wildman–Crippen LogP) is 3.69. The molecule has 4 heteroatoms. The highest BCUT2D eigenvalue weighted by Crippen LogP contribution is 2.29. The fourth-order valence-electron chi connectivity index (χ4n) is 2.03. The van der Waals surface area contributed by atoms with Gasteiger partial charge in [-0.2, -0.15) is 0 Å². The Balaban J connectivity index is 2.04. The Kier molecular flexibility index (Phi) is 5.98. The summed E-state index contributed by atoms with van der Waals surface area (Å²) in [6, 6.07) is 12.3. The zero-order valence-electron chi connectivity index (χ0n) is 12.6. The van der Waals surface area contributed by atoms with E-state index in [1.165, 1.54) is 6.07 Å². The number of nitrogens with one attached hydrogen (secondary N) is 1. The van der Waals surface area contributed by atoms with Crippen LogP contribution in [0.1, 0.15) is 11.1 Å². The van der Waals surface area contributed by atoms with Gasteiger partial charge in [0, 0.05) is 18.7 Å². The molecule has 0 heterocycles. The van der Waals surface area contributed by atoms with Crippen LogP contribution < -0.4 is 14.8 Å². The average molecular weight is 301 g/mol. The van der Waals surface area contributed by atoms with Crippen LogP contribution in [0.25, 0.3) is 0 Å². The normalized spacial score (nSPS) is 10.3. The summed E-state index contributed by atoms with van der Waals surface area (Å²) in [7, 11) is 1.59. The Bertz CT molecular complexity index is 628. The van der Waals surface area contributed by atoms with Crippen molar-refractivity contribution in [3.05, 3.63) is 72.1 Å². The van der Waals surface area contributed by atoms with Crippen molar-refractivity contribution in [2.75, 3.05) is 13.7 Å². The largest absolute Gasteiger partial charge is 0.493 e. The van der Waals surface area contributed by atoms with Gasteiger partial charge in [-0.1, -0.05) is 30.3 Å². The Morgan fingerprint density at radius 2 is 2.00 bits per heavy atom. The van der Waals surface area contributed by atoms with Crippen LogP contribution >= 0.6 is 0 Å². The molecule has 0 aliphatic rings. The summed E-state index contributed by atoms with van der Waals surface area (Å²) >= 11 is 0. The summed E-state index contributed by atoms with van der Waals surface area (Å²) < 4.78 is 24.6. The Morgan fingerprint density at radius 1 is 1.18 bits per heavy atom. The summed E-state index contributed by atoms with van der Waals surface area (Å²) in [5.74, 6) is 0.958. The summed E-state index contributed by atoms with van der Waals surface area (Å²) in [5, 5.41) is 3.22. The van der Waals surface area contributed by atoms with E-state index >= 15 is 0 Å². The molecule has 0 aliphatic heterocycles. The van der Waals surface area contributed by atoms with Gasteiger partial charge in [0.2, 0.25) is 0 Å². The summed E-state index contributed by atoms with van der Waals surface area (Å²) in [6.07, 6.45) is 1.81. The minimum atomic E-state index is -0.272. The molecule has 2 aromatic carbocycles. The zero-order chi connectivity index (χ0) is 15.8. The smallest absolute Gasteiger partial charge is 0.161 e. The lowest BCUT2D eigenvalue weighted by Crippen LogP contribution is -2.12. The van der Waals surface area contributed by atoms with Gasteiger partial charge in [-0.15, -0.1) is 6.58 Å². The van der Waals surface area contributed by atoms with Gasteiger partial charge < -0.3 is 14.8 Å². The van der Waals surface area contributed by atoms with Crippen LogP contribution in [0.3, 0.4) is 0 Å². The van der Waals surface area contributed by atoms with E-state index in [-0.39, 0.29) is 12.4 Å². The van der Waals surface area contributed by atoms with E-state index in [4.69, 9.17) is 9.47 Å². The fraction of sp³-hybridized carbons (Fsp3) is 0.222. The number of hydrogen-bond donors (Lipinski definition) is 1. The van der Waals surface area contributed by atoms with Gasteiger partial charge in [0.15, 0.2) is 11.5 Å². The van der Waals surface area contributed by atoms with Crippen LogP contribution in [0.15, 0.2) is 55.1 Å². The van der Waals surface area contributed by atoms with Crippen LogP contribution in [0, 0.1) is 5.82 Å². The average Bonchev–Trinajstić information content (AvgIpc) is 2.55. The number of ether oxygens (including phenoxy) is 2. The second-order valence-electron chi connectivity index (χ2n) is 4.78. The lowest BCUT2D eigenvalue weighted by Gasteiger charge is -2.13. The fourth-order valence-corrected chi connectivity index (χ4v) is 2.03. The first kappa shape index (κ1) is 16.0. The second kappa shape index (κ2) is 8.20. The first-order valence-electron chi connectivity index (χ1n) is 7.09. The molecule has 0 fully saturated rings. The van der Waals surface area contributed by atoms with E-state index in [1.54, 1.807) is 25.3 Å². The zero-order valence-corrected chi connectivity index (χ0v) is 12.6. The molecule has 0 unspecified atom stereocenters. The molecule has 22 heavy (non-hydrogen) atoms. The predicted molar refractivity (Wildman–Crippen MR) is 85.6 cm³/mol. The lowest BCUT2D eigenvalue weighted by atomic mass is 10.2. The van der Waals surface area contributed by atoms with Crippen molar-refractivity contribution < 1.29 is 13.9 Å². The second-order valence-corrected chi connectivity index (χ2v) is 4.78. The van der Waals surface area contributed by atoms with Crippen molar-refractivity contribution >= 4 is 0 Å². The molecule has 0 aromatic heterocycles. The molecule has 3 nitrogen and oxygen atoms in total. The van der Waals surface area contributed by atoms with Crippen LogP contribution in [0.4, 0.5) is 4.39 Å². The van der Waals surface area contributed by atoms with E-state index < -0.39 is 0 Å². The van der Waals surface area contributed by atoms with Crippen molar-refractivity contribution in [1.82, 2.24) is 5.32 Å². The van der Waals surface area contributed by atoms with Gasteiger partial charge in [-0.25, -0.2) is 4.39 Å². The van der Waals surface area contributed by atoms with Crippen molar-refractivity contribution in [2.24, 2.45) is 0 Å². The standard InChI is InChI=1S/C18H20FNO2/c1-3-10-20-12-14-8-9-17(18(11-14)21-2)22-13-15-6-4-5-7-16(15)19/h3-9,11,20H,1,10,12-13H2,2H3. The molecule has 0 radical (unpaired) electrons. The van der Waals surface area contributed by atoms with Crippen molar-refractivity contribution in [3.8, 4) is 11.5 Å². The van der Waals surface area contributed by atoms with Crippen LogP contribution in [0.2, 0.25) is 0 Å². The summed E-state index contributed by atoms with van der Waals surface area (Å²) in [6.45, 7) is 5.29. The van der Waals surface area contributed by atoms with Gasteiger partial charge in [-0.3, -0.25) is 0 Å². The Hall–Kier alpha value is -2.33. The molecule has 2 aromatic rings. The number of halogens is 1. The third-order valence-corrected chi connectivity index (χ3v) is 3.19. The molecule has 0 bridgehead atoms. The Labute approximate surface area is 130 Å². The molecule has 0 amide bonds. The molecular formula is C18H20FNO2. The monoisotopic (exact) mass is 301 g/mol. The number of rotatable bonds is 8. The lowest BCUT2D eigenvalue weighted by molar-refractivity contribution is 0.279. The molecule has 1 N–H and O–H groups in total. The van der Waals surface area contributed by atoms with Crippen molar-refractivity contribution in [1.29, 1.82) is 0 Å². The number of hydrogen-bond acceptors (Lipinski definition) is 3. The Morgan fingerprint density at radius 3 is 2.73 bits per heavy atom. The minimum Gasteiger partial charge on any atom is -0.493 e. The SMILES string of the molecule is C=CCNCc1ccc(OCc2ccccc2F)c(OC)c1. The van der Waals surface area contributed by atoms with E-state index in [0.29, 0.717) is 17.1 Å². The van der Waals surface area contributed by atoms with E-state index in [9.17, 15) is 4.39 Å². The highest BCUT2D eigenvalue weighted by molar-refractivity contribution is 5.43. The van der Waals surface area contributed by atoms with Crippen molar-refractivity contribution in [3.63, 3.8) is 0 Å². The maximum Gasteiger partial charge on any atom is 0.161 e.